The number of H-pyrrole nitrogens is 3. The second-order valence-corrected chi connectivity index (χ2v) is 29.0. The second kappa shape index (κ2) is 45.1. The highest BCUT2D eigenvalue weighted by Crippen LogP contribution is 2.22. The van der Waals surface area contributed by atoms with Crippen LogP contribution in [0.15, 0.2) is 73.4 Å². The number of thiol groups is 2. The van der Waals surface area contributed by atoms with Crippen LogP contribution in [-0.4, -0.2) is 223 Å². The van der Waals surface area contributed by atoms with E-state index in [0.29, 0.717) is 53.5 Å². The third kappa shape index (κ3) is 28.7. The monoisotopic (exact) mass is 1570 g/mol. The Bertz CT molecular complexity index is 3940. The predicted octanol–water partition coefficient (Wildman–Crippen LogP) is -1.69. The molecule has 0 spiro atoms. The van der Waals surface area contributed by atoms with E-state index in [0.717, 1.165) is 10.9 Å². The van der Waals surface area contributed by atoms with Crippen LogP contribution in [0, 0.1) is 17.8 Å². The highest BCUT2D eigenvalue weighted by Gasteiger charge is 2.38. The number of aromatic nitrogens is 4. The molecule has 2 aromatic carbocycles. The molecule has 604 valence electrons. The van der Waals surface area contributed by atoms with Crippen LogP contribution in [0.5, 0.6) is 0 Å². The molecule has 13 amide bonds. The van der Waals surface area contributed by atoms with E-state index in [1.54, 1.807) is 96.4 Å². The van der Waals surface area contributed by atoms with Gasteiger partial charge in [-0.25, -0.2) is 4.98 Å². The summed E-state index contributed by atoms with van der Waals surface area (Å²) in [7, 11) is 0. The molecule has 3 heterocycles. The van der Waals surface area contributed by atoms with E-state index in [2.05, 4.69) is 114 Å². The fraction of sp³-hybridized carbons (Fsp3) is 0.548. The smallest absolute Gasteiger partial charge is 0.305 e. The van der Waals surface area contributed by atoms with Gasteiger partial charge in [0.1, 0.15) is 66.5 Å². The first-order valence-corrected chi connectivity index (χ1v) is 38.0. The first-order valence-electron chi connectivity index (χ1n) is 36.7. The Morgan fingerprint density at radius 3 is 1.42 bits per heavy atom. The number of unbranched alkanes of at least 4 members (excludes halogenated alkanes) is 1. The number of carboxylic acid groups (broad SMARTS) is 1. The summed E-state index contributed by atoms with van der Waals surface area (Å²) >= 11 is 8.46. The van der Waals surface area contributed by atoms with Crippen LogP contribution in [0.3, 0.4) is 0 Å². The molecule has 3 aromatic heterocycles. The third-order valence-electron chi connectivity index (χ3n) is 17.8. The van der Waals surface area contributed by atoms with Crippen LogP contribution in [-0.2, 0) is 86.4 Å². The fourth-order valence-corrected chi connectivity index (χ4v) is 12.4. The summed E-state index contributed by atoms with van der Waals surface area (Å²) in [6, 6.07) is -2.02. The lowest BCUT2D eigenvalue weighted by molar-refractivity contribution is -0.140. The van der Waals surface area contributed by atoms with E-state index in [1.165, 1.54) is 26.4 Å². The molecular weight excluding hydrogens is 1460 g/mol. The number of nitrogens with one attached hydrogen (secondary N) is 16. The molecule has 37 heteroatoms. The number of carbonyl (C=O) groups excluding carboxylic acids is 13. The molecule has 0 radical (unpaired) electrons. The van der Waals surface area contributed by atoms with E-state index in [-0.39, 0.29) is 68.4 Å². The van der Waals surface area contributed by atoms with Crippen molar-refractivity contribution in [3.05, 3.63) is 90.3 Å². The van der Waals surface area contributed by atoms with Gasteiger partial charge in [-0.05, 0) is 106 Å². The number of aliphatic hydroxyl groups excluding tert-OH is 1. The molecule has 0 aliphatic heterocycles. The van der Waals surface area contributed by atoms with Gasteiger partial charge in [-0.2, -0.15) is 25.3 Å². The highest BCUT2D eigenvalue weighted by molar-refractivity contribution is 7.80. The Kier molecular flexibility index (Phi) is 37.1. The summed E-state index contributed by atoms with van der Waals surface area (Å²) in [5.41, 5.74) is 14.2. The van der Waals surface area contributed by atoms with Crippen molar-refractivity contribution in [3.8, 4) is 0 Å². The largest absolute Gasteiger partial charge is 0.481 e. The number of primary amides is 1. The number of aromatic amines is 3. The number of hydrogen-bond acceptors (Lipinski definition) is 20. The maximum atomic E-state index is 14.8. The molecule has 0 aliphatic carbocycles. The fourth-order valence-electron chi connectivity index (χ4n) is 11.9. The number of fused-ring (bicyclic) bond motifs is 2. The number of benzene rings is 2. The lowest BCUT2D eigenvalue weighted by Gasteiger charge is -2.29. The number of para-hydroxylation sites is 2. The van der Waals surface area contributed by atoms with Gasteiger partial charge < -0.3 is 106 Å². The van der Waals surface area contributed by atoms with Gasteiger partial charge >= 0.3 is 5.97 Å². The van der Waals surface area contributed by atoms with E-state index >= 15 is 0 Å². The summed E-state index contributed by atoms with van der Waals surface area (Å²) in [6.07, 6.45) is 4.98. The molecule has 5 aromatic rings. The Morgan fingerprint density at radius 1 is 0.500 bits per heavy atom. The topological polar surface area (TPSA) is 548 Å². The minimum Gasteiger partial charge on any atom is -0.481 e. The van der Waals surface area contributed by atoms with E-state index in [1.807, 2.05) is 13.0 Å². The van der Waals surface area contributed by atoms with Crippen molar-refractivity contribution in [2.45, 2.75) is 205 Å². The highest BCUT2D eigenvalue weighted by atomic mass is 32.1. The number of imidazole rings is 1. The number of amides is 13. The third-order valence-corrected chi connectivity index (χ3v) is 18.6. The second-order valence-electron chi connectivity index (χ2n) is 28.3. The molecule has 0 bridgehead atoms. The first kappa shape index (κ1) is 90.5. The van der Waals surface area contributed by atoms with Gasteiger partial charge in [0.05, 0.1) is 31.4 Å². The summed E-state index contributed by atoms with van der Waals surface area (Å²) in [5, 5.41) is 55.3. The van der Waals surface area contributed by atoms with Gasteiger partial charge in [0, 0.05) is 76.9 Å². The number of aliphatic carboxylic acids is 1. The van der Waals surface area contributed by atoms with Gasteiger partial charge in [-0.3, -0.25) is 67.1 Å². The van der Waals surface area contributed by atoms with Crippen molar-refractivity contribution < 1.29 is 77.3 Å². The van der Waals surface area contributed by atoms with E-state index in [9.17, 15) is 77.3 Å². The molecule has 110 heavy (non-hydrogen) atoms. The zero-order chi connectivity index (χ0) is 81.5. The van der Waals surface area contributed by atoms with Gasteiger partial charge in [0.15, 0.2) is 0 Å². The molecule has 0 aliphatic rings. The minimum atomic E-state index is -1.51. The molecule has 0 saturated heterocycles. The van der Waals surface area contributed by atoms with E-state index in [4.69, 9.17) is 11.5 Å². The average Bonchev–Trinajstić information content (AvgIpc) is 1.75. The molecule has 22 N–H and O–H groups in total. The maximum absolute atomic E-state index is 14.8. The average molecular weight is 1570 g/mol. The van der Waals surface area contributed by atoms with Crippen molar-refractivity contribution >= 4 is 130 Å². The van der Waals surface area contributed by atoms with Crippen LogP contribution in [0.4, 0.5) is 0 Å². The zero-order valence-corrected chi connectivity index (χ0v) is 65.2. The van der Waals surface area contributed by atoms with Crippen molar-refractivity contribution in [2.24, 2.45) is 29.2 Å². The van der Waals surface area contributed by atoms with Crippen molar-refractivity contribution in [3.63, 3.8) is 0 Å². The SMILES string of the molecule is CCCNC(CC(=O)O)C(=O)N[C@@H](CS)C(=O)NC(C)C(=O)N[C@@H](Cc1c[nH]c2ccccc12)C(=O)NC(Cc1cnc[nH]1)C(=O)N[C@@H](CC(C)C)C(=O)NCC(=O)N[C@@H](CCCCN)C(=O)NC(CC(C)C)C(=O)N[C@H](C(=O)NC(Cc1c[nH]c2ccccc12)C(=O)N[C@@H](CS)C(=O)N[C@H](C(N)=O)[C@@H](C)O)C(C)C. The summed E-state index contributed by atoms with van der Waals surface area (Å²) in [6.45, 7) is 14.6. The molecule has 5 unspecified atom stereocenters. The number of nitrogens with zero attached hydrogens (tertiary/aromatic N) is 1. The molecular formula is C73H109N19O16S2. The van der Waals surface area contributed by atoms with Crippen LogP contribution >= 0.6 is 25.3 Å². The quantitative estimate of drug-likeness (QED) is 0.0153. The number of rotatable bonds is 48. The number of carbonyl (C=O) groups is 14. The summed E-state index contributed by atoms with van der Waals surface area (Å²) in [5.74, 6) is -14.0. The minimum absolute atomic E-state index is 0.0110. The first-order chi connectivity index (χ1) is 52.2. The van der Waals surface area contributed by atoms with Gasteiger partial charge in [-0.15, -0.1) is 0 Å². The number of nitrogens with two attached hydrogens (primary N) is 2. The molecule has 13 atom stereocenters. The number of aliphatic hydroxyl groups is 1. The standard InChI is InChI=1S/C73H109N19O16S2/c1-10-23-77-50(29-59(95)96)66(101)89-56(34-109)71(106)82-40(8)63(98)84-53(26-42-30-78-47-19-13-11-17-45(42)47)67(102)87-55(28-44-32-76-36-81-44)69(104)85-51(24-37(2)3)64(99)80-33-58(94)83-49(21-15-16-22-74)65(100)86-52(25-38(4)5)70(105)91-60(39(6)7)73(108)88-54(27-43-31-79-48-20-14-12-18-46(43)48)68(103)90-57(35-110)72(107)92-61(41(9)93)62(75)97/h11-14,17-20,30-32,36-41,49-57,60-61,77-79,93,109-110H,10,15-16,21-29,33-35,74H2,1-9H3,(H2,75,97)(H,76,81)(H,80,99)(H,82,106)(H,83,94)(H,84,98)(H,85,104)(H,86,100)(H,87,102)(H,88,108)(H,89,101)(H,90,103)(H,91,105)(H,92,107)(H,95,96)/t40?,41-,49+,50?,51+,52?,53+,54?,55?,56+,57+,60+,61+/m1/s1. The maximum Gasteiger partial charge on any atom is 0.305 e. The molecule has 0 saturated carbocycles. The Labute approximate surface area is 648 Å². The van der Waals surface area contributed by atoms with Crippen molar-refractivity contribution in [2.75, 3.05) is 31.1 Å². The lowest BCUT2D eigenvalue weighted by atomic mass is 9.98. The Morgan fingerprint density at radius 2 is 0.945 bits per heavy atom. The van der Waals surface area contributed by atoms with Gasteiger partial charge in [0.2, 0.25) is 76.8 Å². The molecule has 35 nitrogen and oxygen atoms in total. The number of carboxylic acids is 1. The van der Waals surface area contributed by atoms with Gasteiger partial charge in [-0.1, -0.05) is 84.9 Å². The van der Waals surface area contributed by atoms with Crippen LogP contribution < -0.4 is 80.6 Å². The lowest BCUT2D eigenvalue weighted by Crippen LogP contribution is -2.61. The molecule has 0 fully saturated rings. The van der Waals surface area contributed by atoms with Crippen LogP contribution in [0.25, 0.3) is 21.8 Å². The van der Waals surface area contributed by atoms with Crippen LogP contribution in [0.2, 0.25) is 0 Å². The summed E-state index contributed by atoms with van der Waals surface area (Å²) < 4.78 is 0. The Balaban J connectivity index is 1.32. The van der Waals surface area contributed by atoms with Crippen molar-refractivity contribution in [1.82, 2.24) is 89.1 Å². The van der Waals surface area contributed by atoms with E-state index < -0.39 is 180 Å². The van der Waals surface area contributed by atoms with Gasteiger partial charge in [0.25, 0.3) is 0 Å². The number of hydrogen-bond donors (Lipinski definition) is 22. The molecule has 5 rings (SSSR count). The zero-order valence-electron chi connectivity index (χ0n) is 63.4. The van der Waals surface area contributed by atoms with Crippen LogP contribution in [0.1, 0.15) is 124 Å². The van der Waals surface area contributed by atoms with Crippen molar-refractivity contribution in [1.29, 1.82) is 0 Å². The summed E-state index contributed by atoms with van der Waals surface area (Å²) in [4.78, 5) is 207. The normalized spacial score (nSPS) is 15.0. The predicted molar refractivity (Wildman–Crippen MR) is 416 cm³/mol. The Hall–Kier alpha value is -10.1.